The number of oxime groups is 2. The third kappa shape index (κ3) is 4.94. The van der Waals surface area contributed by atoms with Crippen molar-refractivity contribution in [1.82, 2.24) is 0 Å². The molecular formula is C22H22Cl2N2O4. The Morgan fingerprint density at radius 1 is 1.07 bits per heavy atom. The monoisotopic (exact) mass is 448 g/mol. The first kappa shape index (κ1) is 22.1. The fourth-order valence-corrected chi connectivity index (χ4v) is 4.05. The van der Waals surface area contributed by atoms with Gasteiger partial charge in [0.1, 0.15) is 13.7 Å². The minimum absolute atomic E-state index is 0.0653. The molecule has 158 valence electrons. The van der Waals surface area contributed by atoms with Gasteiger partial charge in [0.25, 0.3) is 0 Å². The summed E-state index contributed by atoms with van der Waals surface area (Å²) >= 11 is 12.6. The summed E-state index contributed by atoms with van der Waals surface area (Å²) in [6.45, 7) is 2.09. The Hall–Kier alpha value is -2.57. The molecule has 1 aliphatic rings. The lowest BCUT2D eigenvalue weighted by Crippen LogP contribution is -2.19. The summed E-state index contributed by atoms with van der Waals surface area (Å²) in [7, 11) is 2.66. The number of carbonyl (C=O) groups excluding carboxylic acids is 1. The normalized spacial score (nSPS) is 18.7. The summed E-state index contributed by atoms with van der Waals surface area (Å²) in [5.41, 5.74) is 3.19. The number of ether oxygens (including phenoxy) is 1. The van der Waals surface area contributed by atoms with Crippen LogP contribution >= 0.6 is 23.2 Å². The zero-order valence-corrected chi connectivity index (χ0v) is 18.4. The van der Waals surface area contributed by atoms with Gasteiger partial charge in [0.05, 0.1) is 12.8 Å². The first-order chi connectivity index (χ1) is 14.5. The SMILES string of the molecule is CO/N=C(\C(=O)OC)c1ccccc1CO/N=C(\C)[C@@H]1C[C@H]1c1c(Cl)cccc1Cl. The van der Waals surface area contributed by atoms with Gasteiger partial charge in [0, 0.05) is 27.1 Å². The molecule has 3 rings (SSSR count). The summed E-state index contributed by atoms with van der Waals surface area (Å²) in [6, 6.07) is 12.7. The van der Waals surface area contributed by atoms with Crippen molar-refractivity contribution in [3.63, 3.8) is 0 Å². The molecular weight excluding hydrogens is 427 g/mol. The van der Waals surface area contributed by atoms with Gasteiger partial charge in [0.15, 0.2) is 5.71 Å². The number of carbonyl (C=O) groups is 1. The fourth-order valence-electron chi connectivity index (χ4n) is 3.37. The van der Waals surface area contributed by atoms with Gasteiger partial charge in [-0.3, -0.25) is 0 Å². The predicted molar refractivity (Wildman–Crippen MR) is 117 cm³/mol. The molecule has 0 radical (unpaired) electrons. The number of nitrogens with zero attached hydrogens (tertiary/aromatic N) is 2. The molecule has 0 aromatic heterocycles. The van der Waals surface area contributed by atoms with E-state index < -0.39 is 5.97 Å². The lowest BCUT2D eigenvalue weighted by atomic mass is 10.0. The summed E-state index contributed by atoms with van der Waals surface area (Å²) < 4.78 is 4.79. The Labute approximate surface area is 185 Å². The quantitative estimate of drug-likeness (QED) is 0.315. The third-order valence-electron chi connectivity index (χ3n) is 4.96. The van der Waals surface area contributed by atoms with Crippen LogP contribution < -0.4 is 0 Å². The second-order valence-corrected chi connectivity index (χ2v) is 7.68. The largest absolute Gasteiger partial charge is 0.464 e. The summed E-state index contributed by atoms with van der Waals surface area (Å²) in [5.74, 6) is -0.120. The van der Waals surface area contributed by atoms with Crippen LogP contribution in [-0.2, 0) is 25.8 Å². The van der Waals surface area contributed by atoms with Crippen LogP contribution in [0.4, 0.5) is 0 Å². The third-order valence-corrected chi connectivity index (χ3v) is 5.62. The van der Waals surface area contributed by atoms with Crippen molar-refractivity contribution in [2.45, 2.75) is 25.9 Å². The molecule has 2 atom stereocenters. The van der Waals surface area contributed by atoms with Crippen LogP contribution in [0.5, 0.6) is 0 Å². The maximum absolute atomic E-state index is 12.0. The number of esters is 1. The van der Waals surface area contributed by atoms with E-state index in [1.54, 1.807) is 12.1 Å². The van der Waals surface area contributed by atoms with E-state index in [2.05, 4.69) is 10.3 Å². The molecule has 0 bridgehead atoms. The molecule has 8 heteroatoms. The first-order valence-electron chi connectivity index (χ1n) is 9.36. The molecule has 1 fully saturated rings. The zero-order valence-electron chi connectivity index (χ0n) is 16.9. The number of rotatable bonds is 8. The van der Waals surface area contributed by atoms with Gasteiger partial charge in [-0.25, -0.2) is 4.79 Å². The molecule has 0 N–H and O–H groups in total. The minimum Gasteiger partial charge on any atom is -0.464 e. The summed E-state index contributed by atoms with van der Waals surface area (Å²) in [6.07, 6.45) is 0.922. The topological polar surface area (TPSA) is 69.5 Å². The maximum atomic E-state index is 12.0. The molecule has 0 unspecified atom stereocenters. The van der Waals surface area contributed by atoms with E-state index in [0.29, 0.717) is 15.6 Å². The van der Waals surface area contributed by atoms with Crippen LogP contribution in [-0.4, -0.2) is 31.6 Å². The van der Waals surface area contributed by atoms with Gasteiger partial charge >= 0.3 is 5.97 Å². The average Bonchev–Trinajstić information content (AvgIpc) is 3.52. The number of hydrogen-bond donors (Lipinski definition) is 0. The number of benzene rings is 2. The van der Waals surface area contributed by atoms with Crippen LogP contribution in [0.1, 0.15) is 36.0 Å². The zero-order chi connectivity index (χ0) is 21.7. The molecule has 0 aliphatic heterocycles. The van der Waals surface area contributed by atoms with Gasteiger partial charge in [-0.05, 0) is 37.0 Å². The van der Waals surface area contributed by atoms with E-state index >= 15 is 0 Å². The second kappa shape index (κ2) is 9.96. The van der Waals surface area contributed by atoms with Crippen molar-refractivity contribution in [2.24, 2.45) is 16.2 Å². The van der Waals surface area contributed by atoms with Gasteiger partial charge < -0.3 is 14.4 Å². The van der Waals surface area contributed by atoms with Crippen LogP contribution in [0.25, 0.3) is 0 Å². The maximum Gasteiger partial charge on any atom is 0.360 e. The standard InChI is InChI=1S/C22H22Cl2N2O4/c1-13(16-11-17(16)20-18(23)9-6-10-19(20)24)25-30-12-14-7-4-5-8-15(14)21(26-29-3)22(27)28-2/h4-10,16-17H,11-12H2,1-3H3/b25-13+,26-21-/t16-,17+/m0/s1. The Morgan fingerprint density at radius 3 is 2.43 bits per heavy atom. The fraction of sp³-hybridized carbons (Fsp3) is 0.318. The Morgan fingerprint density at radius 2 is 1.77 bits per heavy atom. The minimum atomic E-state index is -0.596. The lowest BCUT2D eigenvalue weighted by Gasteiger charge is -2.10. The van der Waals surface area contributed by atoms with Crippen LogP contribution in [0.2, 0.25) is 10.0 Å². The van der Waals surface area contributed by atoms with Crippen molar-refractivity contribution in [1.29, 1.82) is 0 Å². The number of halogens is 2. The Bertz CT molecular complexity index is 971. The molecule has 1 saturated carbocycles. The van der Waals surface area contributed by atoms with E-state index in [1.165, 1.54) is 14.2 Å². The number of hydrogen-bond acceptors (Lipinski definition) is 6. The highest BCUT2D eigenvalue weighted by Crippen LogP contribution is 2.52. The van der Waals surface area contributed by atoms with Crippen molar-refractivity contribution in [2.75, 3.05) is 14.2 Å². The van der Waals surface area contributed by atoms with Gasteiger partial charge in [-0.1, -0.05) is 63.8 Å². The number of methoxy groups -OCH3 is 1. The smallest absolute Gasteiger partial charge is 0.360 e. The molecule has 2 aromatic rings. The lowest BCUT2D eigenvalue weighted by molar-refractivity contribution is -0.132. The van der Waals surface area contributed by atoms with Crippen LogP contribution in [0, 0.1) is 5.92 Å². The van der Waals surface area contributed by atoms with E-state index in [-0.39, 0.29) is 24.2 Å². The predicted octanol–water partition coefficient (Wildman–Crippen LogP) is 5.21. The summed E-state index contributed by atoms with van der Waals surface area (Å²) in [5, 5.41) is 9.41. The first-order valence-corrected chi connectivity index (χ1v) is 10.1. The molecule has 0 amide bonds. The van der Waals surface area contributed by atoms with E-state index in [1.807, 2.05) is 37.3 Å². The molecule has 6 nitrogen and oxygen atoms in total. The molecule has 2 aromatic carbocycles. The van der Waals surface area contributed by atoms with Gasteiger partial charge in [-0.2, -0.15) is 0 Å². The molecule has 0 saturated heterocycles. The van der Waals surface area contributed by atoms with Crippen molar-refractivity contribution in [3.05, 3.63) is 69.2 Å². The van der Waals surface area contributed by atoms with Crippen molar-refractivity contribution < 1.29 is 19.2 Å². The Balaban J connectivity index is 1.69. The van der Waals surface area contributed by atoms with E-state index in [0.717, 1.165) is 23.3 Å². The second-order valence-electron chi connectivity index (χ2n) is 6.86. The molecule has 0 heterocycles. The molecule has 30 heavy (non-hydrogen) atoms. The van der Waals surface area contributed by atoms with Crippen molar-refractivity contribution >= 4 is 40.6 Å². The van der Waals surface area contributed by atoms with Crippen LogP contribution in [0.15, 0.2) is 52.8 Å². The Kier molecular flexibility index (Phi) is 7.34. The van der Waals surface area contributed by atoms with Gasteiger partial charge in [-0.15, -0.1) is 0 Å². The van der Waals surface area contributed by atoms with Crippen molar-refractivity contribution in [3.8, 4) is 0 Å². The highest BCUT2D eigenvalue weighted by molar-refractivity contribution is 6.43. The highest BCUT2D eigenvalue weighted by Gasteiger charge is 2.43. The average molecular weight is 449 g/mol. The molecule has 0 spiro atoms. The van der Waals surface area contributed by atoms with Crippen LogP contribution in [0.3, 0.4) is 0 Å². The van der Waals surface area contributed by atoms with E-state index in [9.17, 15) is 4.79 Å². The molecule has 1 aliphatic carbocycles. The van der Waals surface area contributed by atoms with Gasteiger partial charge in [0.2, 0.25) is 0 Å². The highest BCUT2D eigenvalue weighted by atomic mass is 35.5. The van der Waals surface area contributed by atoms with E-state index in [4.69, 9.17) is 37.6 Å². The summed E-state index contributed by atoms with van der Waals surface area (Å²) in [4.78, 5) is 22.4.